The number of nitrogens with one attached hydrogen (secondary N) is 1. The number of rotatable bonds is 9. The van der Waals surface area contributed by atoms with Gasteiger partial charge in [-0.25, -0.2) is 8.42 Å². The van der Waals surface area contributed by atoms with E-state index in [9.17, 15) is 18.0 Å². The quantitative estimate of drug-likeness (QED) is 0.394. The highest BCUT2D eigenvalue weighted by Gasteiger charge is 2.33. The van der Waals surface area contributed by atoms with Gasteiger partial charge in [-0.3, -0.25) is 13.9 Å². The number of hydrogen-bond donors (Lipinski definition) is 1. The topological polar surface area (TPSA) is 86.8 Å². The number of halogens is 1. The van der Waals surface area contributed by atoms with Gasteiger partial charge in [0.2, 0.25) is 11.8 Å². The van der Waals surface area contributed by atoms with Crippen LogP contribution in [0.1, 0.15) is 38.8 Å². The molecule has 38 heavy (non-hydrogen) atoms. The van der Waals surface area contributed by atoms with Crippen LogP contribution in [-0.4, -0.2) is 43.3 Å². The van der Waals surface area contributed by atoms with Crippen LogP contribution in [0.25, 0.3) is 0 Å². The lowest BCUT2D eigenvalue weighted by Gasteiger charge is -2.33. The minimum atomic E-state index is -4.13. The van der Waals surface area contributed by atoms with Gasteiger partial charge in [-0.15, -0.1) is 0 Å². The second-order valence-corrected chi connectivity index (χ2v) is 12.5. The van der Waals surface area contributed by atoms with Crippen molar-refractivity contribution in [2.45, 2.75) is 57.6 Å². The molecule has 1 N–H and O–H groups in total. The maximum Gasteiger partial charge on any atom is 0.264 e. The highest BCUT2D eigenvalue weighted by molar-refractivity contribution is 7.92. The Hall–Kier alpha value is -3.36. The van der Waals surface area contributed by atoms with Crippen LogP contribution in [0.15, 0.2) is 83.8 Å². The molecule has 0 aliphatic rings. The smallest absolute Gasteiger partial charge is 0.264 e. The first kappa shape index (κ1) is 29.2. The van der Waals surface area contributed by atoms with E-state index < -0.39 is 34.1 Å². The van der Waals surface area contributed by atoms with Gasteiger partial charge in [-0.2, -0.15) is 0 Å². The highest BCUT2D eigenvalue weighted by atomic mass is 35.5. The molecule has 3 aromatic carbocycles. The summed E-state index contributed by atoms with van der Waals surface area (Å²) in [7, 11) is -4.13. The Bertz CT molecular complexity index is 1370. The van der Waals surface area contributed by atoms with E-state index in [-0.39, 0.29) is 17.3 Å². The average Bonchev–Trinajstić information content (AvgIpc) is 2.86. The molecule has 202 valence electrons. The first-order chi connectivity index (χ1) is 17.8. The van der Waals surface area contributed by atoms with Crippen molar-refractivity contribution in [1.82, 2.24) is 10.2 Å². The molecule has 0 aromatic heterocycles. The summed E-state index contributed by atoms with van der Waals surface area (Å²) in [5.74, 6) is -0.836. The van der Waals surface area contributed by atoms with Crippen LogP contribution < -0.4 is 9.62 Å². The van der Waals surface area contributed by atoms with E-state index in [0.717, 1.165) is 15.4 Å². The summed E-state index contributed by atoms with van der Waals surface area (Å²) in [4.78, 5) is 28.5. The third-order valence-electron chi connectivity index (χ3n) is 5.99. The van der Waals surface area contributed by atoms with Crippen LogP contribution >= 0.6 is 11.6 Å². The van der Waals surface area contributed by atoms with E-state index in [0.29, 0.717) is 10.7 Å². The number of amides is 2. The molecular formula is C29H34ClN3O4S. The first-order valence-corrected chi connectivity index (χ1v) is 14.1. The van der Waals surface area contributed by atoms with Crippen molar-refractivity contribution in [3.63, 3.8) is 0 Å². The summed E-state index contributed by atoms with van der Waals surface area (Å²) in [5.41, 5.74) is 1.65. The van der Waals surface area contributed by atoms with E-state index in [1.165, 1.54) is 29.2 Å². The van der Waals surface area contributed by atoms with Crippen LogP contribution in [0.3, 0.4) is 0 Å². The van der Waals surface area contributed by atoms with Crippen molar-refractivity contribution >= 4 is 39.1 Å². The molecule has 0 fully saturated rings. The van der Waals surface area contributed by atoms with Crippen molar-refractivity contribution < 1.29 is 18.0 Å². The summed E-state index contributed by atoms with van der Waals surface area (Å²) in [5, 5.41) is 3.32. The van der Waals surface area contributed by atoms with Gasteiger partial charge in [-0.05, 0) is 82.1 Å². The molecule has 0 aliphatic heterocycles. The molecule has 9 heteroatoms. The van der Waals surface area contributed by atoms with Gasteiger partial charge in [0, 0.05) is 17.1 Å². The third kappa shape index (κ3) is 7.36. The minimum Gasteiger partial charge on any atom is -0.350 e. The molecule has 7 nitrogen and oxygen atoms in total. The molecule has 0 saturated carbocycles. The van der Waals surface area contributed by atoms with Crippen molar-refractivity contribution in [3.05, 3.63) is 95.0 Å². The monoisotopic (exact) mass is 555 g/mol. The van der Waals surface area contributed by atoms with Gasteiger partial charge in [-0.1, -0.05) is 54.1 Å². The number of anilines is 1. The first-order valence-electron chi connectivity index (χ1n) is 12.3. The molecule has 2 amide bonds. The van der Waals surface area contributed by atoms with Crippen LogP contribution in [0.5, 0.6) is 0 Å². The number of hydrogen-bond acceptors (Lipinski definition) is 4. The van der Waals surface area contributed by atoms with Gasteiger partial charge in [0.15, 0.2) is 0 Å². The molecule has 0 saturated heterocycles. The molecule has 0 heterocycles. The summed E-state index contributed by atoms with van der Waals surface area (Å²) >= 11 is 5.98. The van der Waals surface area contributed by atoms with Gasteiger partial charge in [0.05, 0.1) is 10.6 Å². The van der Waals surface area contributed by atoms with Crippen molar-refractivity contribution in [2.75, 3.05) is 10.8 Å². The van der Waals surface area contributed by atoms with Gasteiger partial charge in [0.25, 0.3) is 10.0 Å². The fourth-order valence-corrected chi connectivity index (χ4v) is 5.42. The minimum absolute atomic E-state index is 0.00234. The largest absolute Gasteiger partial charge is 0.350 e. The predicted molar refractivity (Wildman–Crippen MR) is 152 cm³/mol. The molecular weight excluding hydrogens is 522 g/mol. The van der Waals surface area contributed by atoms with Crippen molar-refractivity contribution in [3.8, 4) is 0 Å². The number of para-hydroxylation sites is 1. The summed E-state index contributed by atoms with van der Waals surface area (Å²) in [6.45, 7) is 8.82. The number of benzene rings is 3. The predicted octanol–water partition coefficient (Wildman–Crippen LogP) is 5.18. The Labute approximate surface area is 230 Å². The van der Waals surface area contributed by atoms with Crippen LogP contribution in [0.4, 0.5) is 5.69 Å². The Morgan fingerprint density at radius 3 is 2.08 bits per heavy atom. The Kier molecular flexibility index (Phi) is 9.22. The second-order valence-electron chi connectivity index (χ2n) is 10.2. The van der Waals surface area contributed by atoms with Crippen LogP contribution in [0.2, 0.25) is 5.02 Å². The Balaban J connectivity index is 2.02. The van der Waals surface area contributed by atoms with Crippen molar-refractivity contribution in [2.24, 2.45) is 0 Å². The summed E-state index contributed by atoms with van der Waals surface area (Å²) in [6, 6.07) is 21.0. The molecule has 1 atom stereocenters. The van der Waals surface area contributed by atoms with E-state index in [1.807, 2.05) is 52.0 Å². The molecule has 0 aliphatic carbocycles. The zero-order valence-electron chi connectivity index (χ0n) is 22.3. The number of carbonyl (C=O) groups is 2. The fourth-order valence-electron chi connectivity index (χ4n) is 3.88. The zero-order valence-corrected chi connectivity index (χ0v) is 23.9. The van der Waals surface area contributed by atoms with Gasteiger partial charge >= 0.3 is 0 Å². The van der Waals surface area contributed by atoms with Crippen LogP contribution in [0, 0.1) is 6.92 Å². The average molecular weight is 556 g/mol. The van der Waals surface area contributed by atoms with Gasteiger partial charge < -0.3 is 10.2 Å². The lowest BCUT2D eigenvalue weighted by Crippen LogP contribution is -2.54. The van der Waals surface area contributed by atoms with E-state index in [2.05, 4.69) is 5.32 Å². The molecule has 0 unspecified atom stereocenters. The Morgan fingerprint density at radius 2 is 1.50 bits per heavy atom. The second kappa shape index (κ2) is 12.0. The van der Waals surface area contributed by atoms with Crippen molar-refractivity contribution in [1.29, 1.82) is 0 Å². The molecule has 0 bridgehead atoms. The molecule has 0 radical (unpaired) electrons. The standard InChI is InChI=1S/C29H34ClN3O4S/c1-21-11-9-10-12-23(21)19-32(22(2)28(35)31-29(3,4)5)27(34)20-33(25-13-7-6-8-14-25)38(36,37)26-17-15-24(30)16-18-26/h6-18,22H,19-20H2,1-5H3,(H,31,35)/t22-/m1/s1. The third-order valence-corrected chi connectivity index (χ3v) is 8.03. The Morgan fingerprint density at radius 1 is 0.921 bits per heavy atom. The van der Waals surface area contributed by atoms with Gasteiger partial charge in [0.1, 0.15) is 12.6 Å². The number of nitrogens with zero attached hydrogens (tertiary/aromatic N) is 2. The summed E-state index contributed by atoms with van der Waals surface area (Å²) in [6.07, 6.45) is 0. The molecule has 0 spiro atoms. The molecule has 3 aromatic rings. The SMILES string of the molecule is Cc1ccccc1CN(C(=O)CN(c1ccccc1)S(=O)(=O)c1ccc(Cl)cc1)[C@H](C)C(=O)NC(C)(C)C. The lowest BCUT2D eigenvalue weighted by atomic mass is 10.1. The number of sulfonamides is 1. The number of aryl methyl sites for hydroxylation is 1. The van der Waals surface area contributed by atoms with E-state index in [1.54, 1.807) is 37.3 Å². The van der Waals surface area contributed by atoms with Crippen LogP contribution in [-0.2, 0) is 26.2 Å². The maximum atomic E-state index is 13.9. The van der Waals surface area contributed by atoms with E-state index >= 15 is 0 Å². The van der Waals surface area contributed by atoms with E-state index in [4.69, 9.17) is 11.6 Å². The highest BCUT2D eigenvalue weighted by Crippen LogP contribution is 2.25. The fraction of sp³-hybridized carbons (Fsp3) is 0.310. The maximum absolute atomic E-state index is 13.9. The summed E-state index contributed by atoms with van der Waals surface area (Å²) < 4.78 is 28.5. The zero-order chi connectivity index (χ0) is 28.1. The lowest BCUT2D eigenvalue weighted by molar-refractivity contribution is -0.140. The number of carbonyl (C=O) groups excluding carboxylic acids is 2. The molecule has 3 rings (SSSR count). The normalized spacial score (nSPS) is 12.5.